The Morgan fingerprint density at radius 2 is 2.03 bits per heavy atom. The number of carbonyl (C=O) groups is 2. The quantitative estimate of drug-likeness (QED) is 0.479. The van der Waals surface area contributed by atoms with E-state index in [1.165, 1.54) is 0 Å². The van der Waals surface area contributed by atoms with Crippen LogP contribution in [0.2, 0.25) is 0 Å². The second-order valence-electron chi connectivity index (χ2n) is 8.02. The van der Waals surface area contributed by atoms with Crippen LogP contribution in [0.4, 0.5) is 0 Å². The van der Waals surface area contributed by atoms with Crippen molar-refractivity contribution < 1.29 is 14.3 Å². The minimum Gasteiger partial charge on any atom is -0.496 e. The van der Waals surface area contributed by atoms with E-state index in [0.29, 0.717) is 24.3 Å². The third-order valence-electron chi connectivity index (χ3n) is 5.05. The van der Waals surface area contributed by atoms with Gasteiger partial charge >= 0.3 is 0 Å². The van der Waals surface area contributed by atoms with Crippen LogP contribution in [0.15, 0.2) is 48.8 Å². The lowest BCUT2D eigenvalue weighted by atomic mass is 10.0. The van der Waals surface area contributed by atoms with Gasteiger partial charge in [-0.05, 0) is 42.2 Å². The van der Waals surface area contributed by atoms with Gasteiger partial charge in [-0.2, -0.15) is 5.26 Å². The number of methoxy groups -OCH3 is 1. The first-order valence-electron chi connectivity index (χ1n) is 10.5. The molecule has 2 amide bonds. The topological polar surface area (TPSA) is 120 Å². The molecule has 8 heteroatoms. The highest BCUT2D eigenvalue weighted by molar-refractivity contribution is 6.01. The molecule has 0 unspecified atom stereocenters. The van der Waals surface area contributed by atoms with Gasteiger partial charge in [0, 0.05) is 29.7 Å². The van der Waals surface area contributed by atoms with Crippen LogP contribution in [0.25, 0.3) is 10.9 Å². The maximum atomic E-state index is 13.0. The van der Waals surface area contributed by atoms with Crippen LogP contribution in [0.3, 0.4) is 0 Å². The Morgan fingerprint density at radius 3 is 2.69 bits per heavy atom. The van der Waals surface area contributed by atoms with Crippen LogP contribution < -0.4 is 15.4 Å². The minimum atomic E-state index is -0.777. The van der Waals surface area contributed by atoms with Gasteiger partial charge in [0.1, 0.15) is 23.5 Å². The molecule has 0 aliphatic heterocycles. The Bertz CT molecular complexity index is 1120. The largest absolute Gasteiger partial charge is 0.496 e. The number of H-pyrrole nitrogens is 1. The van der Waals surface area contributed by atoms with Crippen LogP contribution in [-0.2, 0) is 11.2 Å². The van der Waals surface area contributed by atoms with Crippen LogP contribution in [0.5, 0.6) is 5.75 Å². The number of nitrogens with one attached hydrogen (secondary N) is 3. The zero-order valence-corrected chi connectivity index (χ0v) is 18.4. The van der Waals surface area contributed by atoms with Gasteiger partial charge in [-0.25, -0.2) is 0 Å². The number of aromatic nitrogens is 2. The molecule has 0 fully saturated rings. The summed E-state index contributed by atoms with van der Waals surface area (Å²) in [5.74, 6) is 0.0234. The summed E-state index contributed by atoms with van der Waals surface area (Å²) < 4.78 is 5.35. The van der Waals surface area contributed by atoms with Gasteiger partial charge in [-0.3, -0.25) is 14.6 Å². The molecule has 0 saturated carbocycles. The van der Waals surface area contributed by atoms with Crippen molar-refractivity contribution in [1.29, 1.82) is 5.26 Å². The Kier molecular flexibility index (Phi) is 7.45. The lowest BCUT2D eigenvalue weighted by Crippen LogP contribution is -2.50. The number of nitriles is 1. The molecule has 3 N–H and O–H groups in total. The molecule has 1 aromatic carbocycles. The SMILES string of the molecule is COc1cccc2[nH]c(C(=O)N[C@@H](CC(C)C)C(=O)N[C@H](C#N)Cc3cccnc3)cc12. The van der Waals surface area contributed by atoms with Gasteiger partial charge in [0.05, 0.1) is 13.2 Å². The van der Waals surface area contributed by atoms with E-state index in [2.05, 4.69) is 26.7 Å². The van der Waals surface area contributed by atoms with Crippen molar-refractivity contribution in [2.45, 2.75) is 38.8 Å². The monoisotopic (exact) mass is 433 g/mol. The number of hydrogen-bond acceptors (Lipinski definition) is 5. The summed E-state index contributed by atoms with van der Waals surface area (Å²) in [7, 11) is 1.57. The molecule has 0 saturated heterocycles. The summed E-state index contributed by atoms with van der Waals surface area (Å²) in [6.07, 6.45) is 4.08. The fraction of sp³-hybridized carbons (Fsp3) is 0.333. The summed E-state index contributed by atoms with van der Waals surface area (Å²) in [5, 5.41) is 15.8. The van der Waals surface area contributed by atoms with Crippen molar-refractivity contribution in [3.8, 4) is 11.8 Å². The number of carbonyl (C=O) groups excluding carboxylic acids is 2. The van der Waals surface area contributed by atoms with Crippen molar-refractivity contribution in [2.24, 2.45) is 5.92 Å². The van der Waals surface area contributed by atoms with Crippen molar-refractivity contribution in [2.75, 3.05) is 7.11 Å². The Labute approximate surface area is 187 Å². The maximum Gasteiger partial charge on any atom is 0.268 e. The molecule has 3 rings (SSSR count). The number of amides is 2. The molecular weight excluding hydrogens is 406 g/mol. The maximum absolute atomic E-state index is 13.0. The average molecular weight is 434 g/mol. The molecule has 0 radical (unpaired) electrons. The predicted molar refractivity (Wildman–Crippen MR) is 121 cm³/mol. The number of fused-ring (bicyclic) bond motifs is 1. The number of ether oxygens (including phenoxy) is 1. The smallest absolute Gasteiger partial charge is 0.268 e. The summed E-state index contributed by atoms with van der Waals surface area (Å²) in [4.78, 5) is 33.0. The van der Waals surface area contributed by atoms with Gasteiger partial charge in [0.25, 0.3) is 5.91 Å². The molecule has 0 aliphatic rings. The fourth-order valence-electron chi connectivity index (χ4n) is 3.52. The normalized spacial score (nSPS) is 12.7. The predicted octanol–water partition coefficient (Wildman–Crippen LogP) is 2.97. The Balaban J connectivity index is 1.73. The van der Waals surface area contributed by atoms with Crippen molar-refractivity contribution in [1.82, 2.24) is 20.6 Å². The van der Waals surface area contributed by atoms with E-state index in [1.54, 1.807) is 31.6 Å². The van der Waals surface area contributed by atoms with Crippen molar-refractivity contribution in [3.05, 3.63) is 60.0 Å². The molecule has 0 bridgehead atoms. The number of pyridine rings is 1. The zero-order valence-electron chi connectivity index (χ0n) is 18.4. The van der Waals surface area contributed by atoms with E-state index in [4.69, 9.17) is 4.74 Å². The lowest BCUT2D eigenvalue weighted by Gasteiger charge is -2.21. The standard InChI is InChI=1S/C24H27N5O3/c1-15(2)10-20(23(30)27-17(13-25)11-16-6-5-9-26-14-16)29-24(31)21-12-18-19(28-21)7-4-8-22(18)32-3/h4-9,12,14-15,17,20,28H,10-11H2,1-3H3,(H,27,30)(H,29,31)/t17-,20-/m0/s1. The molecule has 166 valence electrons. The Morgan fingerprint density at radius 1 is 1.22 bits per heavy atom. The second-order valence-corrected chi connectivity index (χ2v) is 8.02. The molecule has 2 heterocycles. The van der Waals surface area contributed by atoms with Gasteiger partial charge in [-0.15, -0.1) is 0 Å². The molecular formula is C24H27N5O3. The molecule has 2 atom stereocenters. The second kappa shape index (κ2) is 10.4. The van der Waals surface area contributed by atoms with E-state index in [1.807, 2.05) is 38.1 Å². The Hall–Kier alpha value is -3.86. The van der Waals surface area contributed by atoms with E-state index in [0.717, 1.165) is 16.5 Å². The van der Waals surface area contributed by atoms with Crippen LogP contribution >= 0.6 is 0 Å². The van der Waals surface area contributed by atoms with Crippen LogP contribution in [-0.4, -0.2) is 41.0 Å². The number of hydrogen-bond donors (Lipinski definition) is 3. The van der Waals surface area contributed by atoms with E-state index in [-0.39, 0.29) is 5.92 Å². The molecule has 32 heavy (non-hydrogen) atoms. The van der Waals surface area contributed by atoms with Crippen LogP contribution in [0, 0.1) is 17.2 Å². The van der Waals surface area contributed by atoms with Gasteiger partial charge in [0.15, 0.2) is 0 Å². The van der Waals surface area contributed by atoms with Crippen molar-refractivity contribution >= 4 is 22.7 Å². The average Bonchev–Trinajstić information content (AvgIpc) is 3.23. The number of benzene rings is 1. The highest BCUT2D eigenvalue weighted by Gasteiger charge is 2.25. The first-order valence-corrected chi connectivity index (χ1v) is 10.5. The molecule has 3 aromatic rings. The summed E-state index contributed by atoms with van der Waals surface area (Å²) in [6, 6.07) is 11.4. The molecule has 8 nitrogen and oxygen atoms in total. The van der Waals surface area contributed by atoms with Gasteiger partial charge in [0.2, 0.25) is 5.91 Å². The highest BCUT2D eigenvalue weighted by Crippen LogP contribution is 2.26. The van der Waals surface area contributed by atoms with E-state index < -0.39 is 23.9 Å². The van der Waals surface area contributed by atoms with Crippen LogP contribution in [0.1, 0.15) is 36.3 Å². The summed E-state index contributed by atoms with van der Waals surface area (Å²) in [5.41, 5.74) is 1.94. The van der Waals surface area contributed by atoms with E-state index >= 15 is 0 Å². The number of rotatable bonds is 9. The van der Waals surface area contributed by atoms with Gasteiger partial charge in [-0.1, -0.05) is 26.0 Å². The highest BCUT2D eigenvalue weighted by atomic mass is 16.5. The minimum absolute atomic E-state index is 0.160. The summed E-state index contributed by atoms with van der Waals surface area (Å²) in [6.45, 7) is 3.94. The first kappa shape index (κ1) is 22.8. The summed E-state index contributed by atoms with van der Waals surface area (Å²) >= 11 is 0. The first-order chi connectivity index (χ1) is 15.4. The lowest BCUT2D eigenvalue weighted by molar-refractivity contribution is -0.123. The molecule has 0 spiro atoms. The third kappa shape index (κ3) is 5.64. The number of aromatic amines is 1. The fourth-order valence-corrected chi connectivity index (χ4v) is 3.52. The van der Waals surface area contributed by atoms with Crippen molar-refractivity contribution in [3.63, 3.8) is 0 Å². The third-order valence-corrected chi connectivity index (χ3v) is 5.05. The number of nitrogens with zero attached hydrogens (tertiary/aromatic N) is 2. The molecule has 2 aromatic heterocycles. The van der Waals surface area contributed by atoms with E-state index in [9.17, 15) is 14.9 Å². The van der Waals surface area contributed by atoms with Gasteiger partial charge < -0.3 is 20.4 Å². The molecule has 0 aliphatic carbocycles. The zero-order chi connectivity index (χ0) is 23.1.